The maximum Gasteiger partial charge on any atom is 0.253 e. The van der Waals surface area contributed by atoms with Crippen LogP contribution in [0.5, 0.6) is 0 Å². The molecule has 0 unspecified atom stereocenters. The summed E-state index contributed by atoms with van der Waals surface area (Å²) in [5.74, 6) is 0.796. The predicted octanol–water partition coefficient (Wildman–Crippen LogP) is 3.20. The molecule has 1 amide bonds. The molecule has 0 saturated heterocycles. The van der Waals surface area contributed by atoms with E-state index in [-0.39, 0.29) is 29.9 Å². The van der Waals surface area contributed by atoms with Crippen molar-refractivity contribution in [3.05, 3.63) is 65.7 Å². The van der Waals surface area contributed by atoms with Crippen molar-refractivity contribution in [2.45, 2.75) is 13.5 Å². The number of aliphatic imine (C=N–C) groups is 1. The number of likely N-dealkylation sites (N-methyl/N-ethyl adjacent to an activating group) is 1. The Hall–Kier alpha value is -2.29. The molecule has 0 saturated carbocycles. The zero-order valence-corrected chi connectivity index (χ0v) is 20.0. The molecule has 6 nitrogen and oxygen atoms in total. The van der Waals surface area contributed by atoms with Gasteiger partial charge >= 0.3 is 0 Å². The second-order valence-corrected chi connectivity index (χ2v) is 6.78. The number of guanidine groups is 1. The van der Waals surface area contributed by atoms with E-state index in [1.54, 1.807) is 19.0 Å². The summed E-state index contributed by atoms with van der Waals surface area (Å²) in [5, 5.41) is 6.64. The number of rotatable bonds is 8. The van der Waals surface area contributed by atoms with Crippen LogP contribution in [0.1, 0.15) is 22.8 Å². The van der Waals surface area contributed by atoms with Gasteiger partial charge in [-0.1, -0.05) is 30.3 Å². The highest BCUT2D eigenvalue weighted by atomic mass is 127. The van der Waals surface area contributed by atoms with Crippen molar-refractivity contribution in [1.82, 2.24) is 15.5 Å². The summed E-state index contributed by atoms with van der Waals surface area (Å²) >= 11 is 0. The van der Waals surface area contributed by atoms with Gasteiger partial charge in [-0.15, -0.1) is 24.0 Å². The summed E-state index contributed by atoms with van der Waals surface area (Å²) < 4.78 is 0. The highest BCUT2D eigenvalue weighted by Crippen LogP contribution is 2.10. The van der Waals surface area contributed by atoms with Crippen LogP contribution < -0.4 is 15.5 Å². The van der Waals surface area contributed by atoms with Gasteiger partial charge in [-0.25, -0.2) is 4.99 Å². The summed E-state index contributed by atoms with van der Waals surface area (Å²) in [6.07, 6.45) is 0. The molecule has 2 N–H and O–H groups in total. The third-order valence-corrected chi connectivity index (χ3v) is 4.31. The van der Waals surface area contributed by atoms with Crippen molar-refractivity contribution < 1.29 is 4.79 Å². The van der Waals surface area contributed by atoms with Crippen molar-refractivity contribution in [2.75, 3.05) is 45.7 Å². The van der Waals surface area contributed by atoms with Crippen LogP contribution in [-0.2, 0) is 6.54 Å². The van der Waals surface area contributed by atoms with E-state index in [1.807, 2.05) is 42.5 Å². The van der Waals surface area contributed by atoms with Crippen molar-refractivity contribution in [3.8, 4) is 0 Å². The molecule has 0 aromatic heterocycles. The summed E-state index contributed by atoms with van der Waals surface area (Å²) in [6.45, 7) is 5.06. The zero-order valence-electron chi connectivity index (χ0n) is 17.7. The molecule has 2 rings (SSSR count). The van der Waals surface area contributed by atoms with Crippen LogP contribution in [0.25, 0.3) is 0 Å². The summed E-state index contributed by atoms with van der Waals surface area (Å²) in [5.41, 5.74) is 2.94. The number of hydrogen-bond donors (Lipinski definition) is 2. The molecule has 2 aromatic carbocycles. The molecular weight excluding hydrogens is 477 g/mol. The summed E-state index contributed by atoms with van der Waals surface area (Å²) in [6, 6.07) is 17.9. The van der Waals surface area contributed by atoms with E-state index < -0.39 is 0 Å². The van der Waals surface area contributed by atoms with Crippen LogP contribution in [0.4, 0.5) is 5.69 Å². The van der Waals surface area contributed by atoms with Crippen molar-refractivity contribution in [3.63, 3.8) is 0 Å². The molecule has 158 valence electrons. The number of anilines is 1. The minimum Gasteiger partial charge on any atom is -0.373 e. The Morgan fingerprint density at radius 2 is 1.62 bits per heavy atom. The maximum atomic E-state index is 12.0. The van der Waals surface area contributed by atoms with Gasteiger partial charge in [0.05, 0.1) is 6.54 Å². The van der Waals surface area contributed by atoms with Crippen LogP contribution in [-0.4, -0.2) is 57.5 Å². The van der Waals surface area contributed by atoms with E-state index in [0.717, 1.165) is 31.2 Å². The van der Waals surface area contributed by atoms with E-state index in [4.69, 9.17) is 0 Å². The zero-order chi connectivity index (χ0) is 20.4. The number of benzene rings is 2. The van der Waals surface area contributed by atoms with E-state index in [0.29, 0.717) is 12.1 Å². The lowest BCUT2D eigenvalue weighted by molar-refractivity contribution is 0.0827. The Balaban J connectivity index is 0.00000420. The van der Waals surface area contributed by atoms with Gasteiger partial charge in [-0.3, -0.25) is 4.79 Å². The second kappa shape index (κ2) is 13.0. The van der Waals surface area contributed by atoms with Gasteiger partial charge in [0.1, 0.15) is 0 Å². The average Bonchev–Trinajstić information content (AvgIpc) is 2.72. The lowest BCUT2D eigenvalue weighted by atomic mass is 10.1. The first kappa shape index (κ1) is 24.7. The SMILES string of the molecule is CCNC(=NCc1ccc(C(=O)N(C)C)cc1)NCCN(C)c1ccccc1.I. The first-order chi connectivity index (χ1) is 13.5. The minimum atomic E-state index is 0. The number of carbonyl (C=O) groups is 1. The molecule has 29 heavy (non-hydrogen) atoms. The minimum absolute atomic E-state index is 0. The number of carbonyl (C=O) groups excluding carboxylic acids is 1. The van der Waals surface area contributed by atoms with Crippen LogP contribution in [0, 0.1) is 0 Å². The van der Waals surface area contributed by atoms with Gasteiger partial charge < -0.3 is 20.4 Å². The fraction of sp³-hybridized carbons (Fsp3) is 0.364. The smallest absolute Gasteiger partial charge is 0.253 e. The number of nitrogens with zero attached hydrogens (tertiary/aromatic N) is 3. The standard InChI is InChI=1S/C22H31N5O.HI/c1-5-23-22(24-15-16-27(4)20-9-7-6-8-10-20)25-17-18-11-13-19(14-12-18)21(28)26(2)3;/h6-14H,5,15-17H2,1-4H3,(H2,23,24,25);1H. The molecule has 0 bridgehead atoms. The molecule has 0 aliphatic heterocycles. The predicted molar refractivity (Wildman–Crippen MR) is 132 cm³/mol. The van der Waals surface area contributed by atoms with E-state index in [9.17, 15) is 4.79 Å². The van der Waals surface area contributed by atoms with Gasteiger partial charge in [-0.2, -0.15) is 0 Å². The fourth-order valence-corrected chi connectivity index (χ4v) is 2.68. The second-order valence-electron chi connectivity index (χ2n) is 6.78. The Morgan fingerprint density at radius 3 is 2.21 bits per heavy atom. The normalized spacial score (nSPS) is 10.7. The monoisotopic (exact) mass is 509 g/mol. The first-order valence-corrected chi connectivity index (χ1v) is 9.60. The van der Waals surface area contributed by atoms with Crippen LogP contribution in [0.3, 0.4) is 0 Å². The molecule has 0 aliphatic rings. The Bertz CT molecular complexity index is 763. The largest absolute Gasteiger partial charge is 0.373 e. The van der Waals surface area contributed by atoms with Gasteiger partial charge in [-0.05, 0) is 36.8 Å². The van der Waals surface area contributed by atoms with Crippen molar-refractivity contribution >= 4 is 41.5 Å². The molecule has 0 spiro atoms. The van der Waals surface area contributed by atoms with Gasteiger partial charge in [0.2, 0.25) is 0 Å². The van der Waals surface area contributed by atoms with Crippen molar-refractivity contribution in [1.29, 1.82) is 0 Å². The molecule has 0 aliphatic carbocycles. The molecule has 0 fully saturated rings. The molecule has 0 radical (unpaired) electrons. The Kier molecular flexibility index (Phi) is 11.1. The highest BCUT2D eigenvalue weighted by Gasteiger charge is 2.07. The Morgan fingerprint density at radius 1 is 0.966 bits per heavy atom. The number of amides is 1. The lowest BCUT2D eigenvalue weighted by Gasteiger charge is -2.20. The maximum absolute atomic E-state index is 12.0. The number of halogens is 1. The highest BCUT2D eigenvalue weighted by molar-refractivity contribution is 14.0. The van der Waals surface area contributed by atoms with Gasteiger partial charge in [0.15, 0.2) is 5.96 Å². The van der Waals surface area contributed by atoms with E-state index in [1.165, 1.54) is 5.69 Å². The molecule has 2 aromatic rings. The topological polar surface area (TPSA) is 60.0 Å². The van der Waals surface area contributed by atoms with Crippen LogP contribution in [0.2, 0.25) is 0 Å². The van der Waals surface area contributed by atoms with Crippen LogP contribution in [0.15, 0.2) is 59.6 Å². The third kappa shape index (κ3) is 8.31. The summed E-state index contributed by atoms with van der Waals surface area (Å²) in [7, 11) is 5.59. The Labute approximate surface area is 191 Å². The lowest BCUT2D eigenvalue weighted by Crippen LogP contribution is -2.41. The number of para-hydroxylation sites is 1. The van der Waals surface area contributed by atoms with E-state index >= 15 is 0 Å². The van der Waals surface area contributed by atoms with Crippen molar-refractivity contribution in [2.24, 2.45) is 4.99 Å². The fourth-order valence-electron chi connectivity index (χ4n) is 2.68. The molecular formula is C22H32IN5O. The van der Waals surface area contributed by atoms with E-state index in [2.05, 4.69) is 46.6 Å². The molecule has 0 atom stereocenters. The third-order valence-electron chi connectivity index (χ3n) is 4.31. The molecule has 0 heterocycles. The number of hydrogen-bond acceptors (Lipinski definition) is 3. The van der Waals surface area contributed by atoms with Crippen LogP contribution >= 0.6 is 24.0 Å². The molecule has 7 heteroatoms. The summed E-state index contributed by atoms with van der Waals surface area (Å²) in [4.78, 5) is 20.4. The average molecular weight is 509 g/mol. The number of nitrogens with one attached hydrogen (secondary N) is 2. The quantitative estimate of drug-likeness (QED) is 0.326. The van der Waals surface area contributed by atoms with Gasteiger partial charge in [0, 0.05) is 52.0 Å². The first-order valence-electron chi connectivity index (χ1n) is 9.60. The van der Waals surface area contributed by atoms with Gasteiger partial charge in [0.25, 0.3) is 5.91 Å².